The van der Waals surface area contributed by atoms with E-state index in [0.29, 0.717) is 12.6 Å². The van der Waals surface area contributed by atoms with Crippen molar-refractivity contribution in [3.63, 3.8) is 0 Å². The van der Waals surface area contributed by atoms with Gasteiger partial charge in [-0.15, -0.1) is 0 Å². The molecular weight excluding hydrogens is 200 g/mol. The molecule has 0 bridgehead atoms. The van der Waals surface area contributed by atoms with Crippen molar-refractivity contribution in [3.8, 4) is 0 Å². The summed E-state index contributed by atoms with van der Waals surface area (Å²) < 4.78 is 0. The first-order valence-electron chi connectivity index (χ1n) is 6.74. The monoisotopic (exact) mass is 228 g/mol. The van der Waals surface area contributed by atoms with Gasteiger partial charge in [-0.25, -0.2) is 0 Å². The normalized spacial score (nSPS) is 31.9. The van der Waals surface area contributed by atoms with Gasteiger partial charge in [-0.3, -0.25) is 0 Å². The van der Waals surface area contributed by atoms with Gasteiger partial charge in [-0.2, -0.15) is 0 Å². The molecule has 3 nitrogen and oxygen atoms in total. The van der Waals surface area contributed by atoms with Gasteiger partial charge in [0.1, 0.15) is 0 Å². The summed E-state index contributed by atoms with van der Waals surface area (Å²) in [6.45, 7) is 5.50. The number of nitrogens with one attached hydrogen (secondary N) is 1. The SMILES string of the molecule is CCC1CCC(CN)(NC(C)CCCO)C1. The summed E-state index contributed by atoms with van der Waals surface area (Å²) in [6, 6.07) is 0.464. The maximum absolute atomic E-state index is 8.83. The predicted octanol–water partition coefficient (Wildman–Crippen LogP) is 1.64. The molecule has 0 aromatic rings. The first-order valence-corrected chi connectivity index (χ1v) is 6.74. The Morgan fingerprint density at radius 2 is 2.31 bits per heavy atom. The summed E-state index contributed by atoms with van der Waals surface area (Å²) in [5.41, 5.74) is 6.13. The van der Waals surface area contributed by atoms with Crippen LogP contribution in [0.3, 0.4) is 0 Å². The second-order valence-corrected chi connectivity index (χ2v) is 5.41. The van der Waals surface area contributed by atoms with Crippen LogP contribution in [0.4, 0.5) is 0 Å². The van der Waals surface area contributed by atoms with E-state index in [9.17, 15) is 0 Å². The van der Waals surface area contributed by atoms with Gasteiger partial charge < -0.3 is 16.2 Å². The van der Waals surface area contributed by atoms with Crippen LogP contribution in [0.5, 0.6) is 0 Å². The van der Waals surface area contributed by atoms with Crippen molar-refractivity contribution in [2.75, 3.05) is 13.2 Å². The lowest BCUT2D eigenvalue weighted by molar-refractivity contribution is 0.251. The van der Waals surface area contributed by atoms with Crippen molar-refractivity contribution in [1.82, 2.24) is 5.32 Å². The third kappa shape index (κ3) is 3.72. The molecule has 0 radical (unpaired) electrons. The van der Waals surface area contributed by atoms with Crippen LogP contribution >= 0.6 is 0 Å². The average Bonchev–Trinajstić information content (AvgIpc) is 2.70. The lowest BCUT2D eigenvalue weighted by atomic mass is 9.93. The quantitative estimate of drug-likeness (QED) is 0.621. The molecule has 0 aromatic heterocycles. The molecule has 16 heavy (non-hydrogen) atoms. The fourth-order valence-electron chi connectivity index (χ4n) is 2.95. The first kappa shape index (κ1) is 13.9. The number of hydrogen-bond donors (Lipinski definition) is 3. The molecule has 0 amide bonds. The van der Waals surface area contributed by atoms with E-state index in [1.54, 1.807) is 0 Å². The standard InChI is InChI=1S/C13H28N2O/c1-3-12-6-7-13(9-12,10-14)15-11(2)5-4-8-16/h11-12,15-16H,3-10,14H2,1-2H3. The minimum atomic E-state index is 0.176. The highest BCUT2D eigenvalue weighted by atomic mass is 16.2. The molecule has 1 fully saturated rings. The average molecular weight is 228 g/mol. The summed E-state index contributed by atoms with van der Waals surface area (Å²) in [7, 11) is 0. The highest BCUT2D eigenvalue weighted by molar-refractivity contribution is 4.98. The van der Waals surface area contributed by atoms with Crippen LogP contribution in [0.25, 0.3) is 0 Å². The number of rotatable bonds is 7. The molecule has 3 atom stereocenters. The van der Waals surface area contributed by atoms with Crippen molar-refractivity contribution >= 4 is 0 Å². The van der Waals surface area contributed by atoms with Gasteiger partial charge in [0.25, 0.3) is 0 Å². The zero-order chi connectivity index (χ0) is 12.0. The third-order valence-corrected chi connectivity index (χ3v) is 4.03. The Kier molecular flexibility index (Phi) is 5.73. The zero-order valence-electron chi connectivity index (χ0n) is 10.8. The van der Waals surface area contributed by atoms with E-state index in [0.717, 1.165) is 25.3 Å². The molecule has 0 spiro atoms. The van der Waals surface area contributed by atoms with E-state index in [1.807, 2.05) is 0 Å². The van der Waals surface area contributed by atoms with Crippen LogP contribution in [-0.4, -0.2) is 29.8 Å². The summed E-state index contributed by atoms with van der Waals surface area (Å²) >= 11 is 0. The molecular formula is C13H28N2O. The van der Waals surface area contributed by atoms with Crippen molar-refractivity contribution < 1.29 is 5.11 Å². The molecule has 1 saturated carbocycles. The Morgan fingerprint density at radius 3 is 2.81 bits per heavy atom. The molecule has 0 heterocycles. The highest BCUT2D eigenvalue weighted by Gasteiger charge is 2.37. The van der Waals surface area contributed by atoms with Gasteiger partial charge in [0.15, 0.2) is 0 Å². The van der Waals surface area contributed by atoms with E-state index < -0.39 is 0 Å². The molecule has 0 aromatic carbocycles. The summed E-state index contributed by atoms with van der Waals surface area (Å²) in [5.74, 6) is 0.848. The van der Waals surface area contributed by atoms with Gasteiger partial charge in [0.05, 0.1) is 0 Å². The maximum atomic E-state index is 8.83. The van der Waals surface area contributed by atoms with Crippen molar-refractivity contribution in [2.24, 2.45) is 11.7 Å². The van der Waals surface area contributed by atoms with Gasteiger partial charge >= 0.3 is 0 Å². The van der Waals surface area contributed by atoms with Crippen LogP contribution in [0, 0.1) is 5.92 Å². The lowest BCUT2D eigenvalue weighted by Crippen LogP contribution is -2.52. The van der Waals surface area contributed by atoms with Crippen molar-refractivity contribution in [1.29, 1.82) is 0 Å². The largest absolute Gasteiger partial charge is 0.396 e. The molecule has 3 heteroatoms. The van der Waals surface area contributed by atoms with E-state index in [-0.39, 0.29) is 5.54 Å². The molecule has 1 rings (SSSR count). The molecule has 3 unspecified atom stereocenters. The third-order valence-electron chi connectivity index (χ3n) is 4.03. The molecule has 1 aliphatic rings. The molecule has 0 saturated heterocycles. The van der Waals surface area contributed by atoms with Gasteiger partial charge in [0.2, 0.25) is 0 Å². The predicted molar refractivity (Wildman–Crippen MR) is 68.3 cm³/mol. The van der Waals surface area contributed by atoms with Crippen LogP contribution in [0.15, 0.2) is 0 Å². The van der Waals surface area contributed by atoms with Crippen molar-refractivity contribution in [3.05, 3.63) is 0 Å². The molecule has 0 aliphatic heterocycles. The summed E-state index contributed by atoms with van der Waals surface area (Å²) in [6.07, 6.45) is 6.94. The minimum Gasteiger partial charge on any atom is -0.396 e. The Morgan fingerprint density at radius 1 is 1.56 bits per heavy atom. The van der Waals surface area contributed by atoms with Crippen LogP contribution in [0.2, 0.25) is 0 Å². The Bertz CT molecular complexity index is 198. The Balaban J connectivity index is 2.42. The first-order chi connectivity index (χ1) is 7.65. The zero-order valence-corrected chi connectivity index (χ0v) is 10.8. The summed E-state index contributed by atoms with van der Waals surface area (Å²) in [4.78, 5) is 0. The number of hydrogen-bond acceptors (Lipinski definition) is 3. The number of nitrogens with two attached hydrogens (primary N) is 1. The van der Waals surface area contributed by atoms with Gasteiger partial charge in [0, 0.05) is 24.7 Å². The van der Waals surface area contributed by atoms with Crippen LogP contribution in [-0.2, 0) is 0 Å². The van der Waals surface area contributed by atoms with E-state index in [2.05, 4.69) is 19.2 Å². The smallest absolute Gasteiger partial charge is 0.0431 e. The van der Waals surface area contributed by atoms with Crippen LogP contribution < -0.4 is 11.1 Å². The van der Waals surface area contributed by atoms with Gasteiger partial charge in [-0.1, -0.05) is 13.3 Å². The van der Waals surface area contributed by atoms with E-state index in [4.69, 9.17) is 10.8 Å². The number of aliphatic hydroxyl groups excluding tert-OH is 1. The number of aliphatic hydroxyl groups is 1. The highest BCUT2D eigenvalue weighted by Crippen LogP contribution is 2.36. The maximum Gasteiger partial charge on any atom is 0.0431 e. The van der Waals surface area contributed by atoms with E-state index in [1.165, 1.54) is 25.7 Å². The molecule has 1 aliphatic carbocycles. The molecule has 4 N–H and O–H groups in total. The topological polar surface area (TPSA) is 58.3 Å². The summed E-state index contributed by atoms with van der Waals surface area (Å²) in [5, 5.41) is 12.5. The lowest BCUT2D eigenvalue weighted by Gasteiger charge is -2.33. The van der Waals surface area contributed by atoms with Crippen LogP contribution in [0.1, 0.15) is 52.4 Å². The minimum absolute atomic E-state index is 0.176. The fraction of sp³-hybridized carbons (Fsp3) is 1.00. The Labute approximate surface area is 99.8 Å². The fourth-order valence-corrected chi connectivity index (χ4v) is 2.95. The molecule has 96 valence electrons. The second kappa shape index (κ2) is 6.58. The van der Waals surface area contributed by atoms with Gasteiger partial charge in [-0.05, 0) is 44.9 Å². The van der Waals surface area contributed by atoms with Crippen molar-refractivity contribution in [2.45, 2.75) is 64.0 Å². The second-order valence-electron chi connectivity index (χ2n) is 5.41. The Hall–Kier alpha value is -0.120. The van der Waals surface area contributed by atoms with E-state index >= 15 is 0 Å².